The summed E-state index contributed by atoms with van der Waals surface area (Å²) in [7, 11) is -4.20. The lowest BCUT2D eigenvalue weighted by atomic mass is 10.1. The zero-order valence-corrected chi connectivity index (χ0v) is 16.1. The van der Waals surface area contributed by atoms with E-state index in [2.05, 4.69) is 0 Å². The van der Waals surface area contributed by atoms with E-state index < -0.39 is 44.6 Å². The molecule has 0 spiro atoms. The molecule has 1 atom stereocenters. The van der Waals surface area contributed by atoms with Gasteiger partial charge < -0.3 is 0 Å². The van der Waals surface area contributed by atoms with E-state index in [1.54, 1.807) is 12.1 Å². The van der Waals surface area contributed by atoms with Crippen LogP contribution in [0.1, 0.15) is 32.7 Å². The van der Waals surface area contributed by atoms with Gasteiger partial charge in [0.15, 0.2) is 0 Å². The number of rotatable bonds is 4. The third kappa shape index (κ3) is 3.48. The molecule has 1 fully saturated rings. The van der Waals surface area contributed by atoms with E-state index in [0.29, 0.717) is 11.1 Å². The summed E-state index contributed by atoms with van der Waals surface area (Å²) in [6, 6.07) is 9.65. The number of hydrogen-bond donors (Lipinski definition) is 0. The molecule has 0 unspecified atom stereocenters. The van der Waals surface area contributed by atoms with Crippen LogP contribution < -0.4 is 0 Å². The average molecular weight is 440 g/mol. The van der Waals surface area contributed by atoms with Crippen LogP contribution in [0, 0.1) is 0 Å². The minimum atomic E-state index is -4.67. The molecule has 2 heterocycles. The molecule has 2 aromatic rings. The van der Waals surface area contributed by atoms with E-state index in [1.807, 2.05) is 0 Å². The van der Waals surface area contributed by atoms with E-state index in [0.717, 1.165) is 22.5 Å². The highest BCUT2D eigenvalue weighted by Gasteiger charge is 2.41. The monoisotopic (exact) mass is 440 g/mol. The molecule has 1 saturated heterocycles. The molecule has 11 heteroatoms. The number of fused-ring (bicyclic) bond motifs is 1. The SMILES string of the molecule is O=C1c2ccccc2C(=O)N1O[C@H]1CCN(S(=O)(=O)c2cccc(C(F)(F)F)c2)C1. The predicted molar refractivity (Wildman–Crippen MR) is 96.6 cm³/mol. The van der Waals surface area contributed by atoms with E-state index in [-0.39, 0.29) is 30.6 Å². The van der Waals surface area contributed by atoms with Crippen molar-refractivity contribution in [1.29, 1.82) is 0 Å². The zero-order chi connectivity index (χ0) is 21.7. The van der Waals surface area contributed by atoms with Crippen LogP contribution >= 0.6 is 0 Å². The number of hydroxylamine groups is 2. The minimum Gasteiger partial charge on any atom is -0.266 e. The second-order valence-electron chi connectivity index (χ2n) is 6.86. The van der Waals surface area contributed by atoms with Crippen molar-refractivity contribution in [2.45, 2.75) is 23.6 Å². The second-order valence-corrected chi connectivity index (χ2v) is 8.79. The van der Waals surface area contributed by atoms with Crippen molar-refractivity contribution in [3.8, 4) is 0 Å². The molecular weight excluding hydrogens is 425 g/mol. The van der Waals surface area contributed by atoms with E-state index in [9.17, 15) is 31.2 Å². The summed E-state index contributed by atoms with van der Waals surface area (Å²) in [6.45, 7) is -0.224. The first-order chi connectivity index (χ1) is 14.1. The fourth-order valence-electron chi connectivity index (χ4n) is 3.40. The number of imide groups is 1. The lowest BCUT2D eigenvalue weighted by Crippen LogP contribution is -2.37. The first kappa shape index (κ1) is 20.5. The lowest BCUT2D eigenvalue weighted by Gasteiger charge is -2.20. The van der Waals surface area contributed by atoms with Crippen LogP contribution in [0.25, 0.3) is 0 Å². The molecule has 2 aliphatic rings. The summed E-state index contributed by atoms with van der Waals surface area (Å²) >= 11 is 0. The lowest BCUT2D eigenvalue weighted by molar-refractivity contribution is -0.137. The van der Waals surface area contributed by atoms with Crippen molar-refractivity contribution < 1.29 is 36.0 Å². The highest BCUT2D eigenvalue weighted by atomic mass is 32.2. The number of sulfonamides is 1. The number of alkyl halides is 3. The Hall–Kier alpha value is -2.76. The van der Waals surface area contributed by atoms with Crippen LogP contribution in [-0.2, 0) is 21.0 Å². The van der Waals surface area contributed by atoms with Gasteiger partial charge in [0.1, 0.15) is 6.10 Å². The Balaban J connectivity index is 1.49. The quantitative estimate of drug-likeness (QED) is 0.683. The predicted octanol–water partition coefficient (Wildman–Crippen LogP) is 2.70. The second kappa shape index (κ2) is 7.18. The molecule has 7 nitrogen and oxygen atoms in total. The maximum absolute atomic E-state index is 12.9. The molecule has 0 aliphatic carbocycles. The molecule has 0 bridgehead atoms. The van der Waals surface area contributed by atoms with Crippen molar-refractivity contribution in [3.05, 3.63) is 65.2 Å². The summed E-state index contributed by atoms with van der Waals surface area (Å²) in [5, 5.41) is 0.607. The molecule has 0 N–H and O–H groups in total. The van der Waals surface area contributed by atoms with Crippen LogP contribution in [0.15, 0.2) is 53.4 Å². The summed E-state index contributed by atoms with van der Waals surface area (Å²) in [4.78, 5) is 29.7. The molecule has 30 heavy (non-hydrogen) atoms. The summed E-state index contributed by atoms with van der Waals surface area (Å²) in [6.07, 6.45) is -5.30. The molecule has 2 aliphatic heterocycles. The number of carbonyl (C=O) groups is 2. The molecule has 4 rings (SSSR count). The number of nitrogens with zero attached hydrogens (tertiary/aromatic N) is 2. The fourth-order valence-corrected chi connectivity index (χ4v) is 4.93. The van der Waals surface area contributed by atoms with Gasteiger partial charge in [-0.3, -0.25) is 14.4 Å². The van der Waals surface area contributed by atoms with Crippen LogP contribution in [0.2, 0.25) is 0 Å². The smallest absolute Gasteiger partial charge is 0.266 e. The molecule has 0 saturated carbocycles. The van der Waals surface area contributed by atoms with E-state index in [4.69, 9.17) is 4.84 Å². The molecule has 0 aromatic heterocycles. The Kier molecular flexibility index (Phi) is 4.91. The van der Waals surface area contributed by atoms with Gasteiger partial charge in [-0.2, -0.15) is 17.5 Å². The van der Waals surface area contributed by atoms with Gasteiger partial charge in [-0.1, -0.05) is 18.2 Å². The fraction of sp³-hybridized carbons (Fsp3) is 0.263. The molecular formula is C19H15F3N2O5S. The van der Waals surface area contributed by atoms with Gasteiger partial charge in [-0.15, -0.1) is 5.06 Å². The third-order valence-electron chi connectivity index (χ3n) is 4.92. The maximum atomic E-state index is 12.9. The Morgan fingerprint density at radius 3 is 2.20 bits per heavy atom. The van der Waals surface area contributed by atoms with Gasteiger partial charge in [0.2, 0.25) is 10.0 Å². The Labute approximate surface area is 169 Å². The van der Waals surface area contributed by atoms with Gasteiger partial charge in [0.25, 0.3) is 11.8 Å². The van der Waals surface area contributed by atoms with Crippen molar-refractivity contribution >= 4 is 21.8 Å². The van der Waals surface area contributed by atoms with Crippen molar-refractivity contribution in [3.63, 3.8) is 0 Å². The summed E-state index contributed by atoms with van der Waals surface area (Å²) < 4.78 is 65.2. The van der Waals surface area contributed by atoms with Gasteiger partial charge in [-0.05, 0) is 36.8 Å². The van der Waals surface area contributed by atoms with Gasteiger partial charge in [0, 0.05) is 13.1 Å². The van der Waals surface area contributed by atoms with Crippen molar-refractivity contribution in [2.24, 2.45) is 0 Å². The standard InChI is InChI=1S/C19H15F3N2O5S/c20-19(21,22)12-4-3-5-14(10-12)30(27,28)23-9-8-13(11-23)29-24-17(25)15-6-1-2-7-16(15)18(24)26/h1-7,10,13H,8-9,11H2/t13-/m0/s1. The van der Waals surface area contributed by atoms with Gasteiger partial charge in [-0.25, -0.2) is 8.42 Å². The summed E-state index contributed by atoms with van der Waals surface area (Å²) in [5.74, 6) is -1.29. The number of carbonyl (C=O) groups excluding carboxylic acids is 2. The first-order valence-corrected chi connectivity index (χ1v) is 10.3. The number of benzene rings is 2. The van der Waals surface area contributed by atoms with Gasteiger partial charge >= 0.3 is 6.18 Å². The number of hydrogen-bond acceptors (Lipinski definition) is 5. The highest BCUT2D eigenvalue weighted by Crippen LogP contribution is 2.32. The van der Waals surface area contributed by atoms with Crippen LogP contribution in [-0.4, -0.2) is 48.8 Å². The van der Waals surface area contributed by atoms with E-state index in [1.165, 1.54) is 12.1 Å². The average Bonchev–Trinajstić information content (AvgIpc) is 3.28. The minimum absolute atomic E-state index is 0.0214. The topological polar surface area (TPSA) is 84.0 Å². The Bertz CT molecular complexity index is 1100. The van der Waals surface area contributed by atoms with E-state index >= 15 is 0 Å². The number of halogens is 3. The maximum Gasteiger partial charge on any atom is 0.416 e. The number of amides is 2. The van der Waals surface area contributed by atoms with Gasteiger partial charge in [0.05, 0.1) is 21.6 Å². The highest BCUT2D eigenvalue weighted by molar-refractivity contribution is 7.89. The van der Waals surface area contributed by atoms with Crippen LogP contribution in [0.3, 0.4) is 0 Å². The molecule has 0 radical (unpaired) electrons. The van der Waals surface area contributed by atoms with Crippen LogP contribution in [0.5, 0.6) is 0 Å². The molecule has 2 aromatic carbocycles. The Morgan fingerprint density at radius 1 is 0.967 bits per heavy atom. The molecule has 2 amide bonds. The molecule has 158 valence electrons. The third-order valence-corrected chi connectivity index (χ3v) is 6.78. The van der Waals surface area contributed by atoms with Crippen molar-refractivity contribution in [2.75, 3.05) is 13.1 Å². The van der Waals surface area contributed by atoms with Crippen molar-refractivity contribution in [1.82, 2.24) is 9.37 Å². The summed E-state index contributed by atoms with van der Waals surface area (Å²) in [5.41, 5.74) is -0.690. The first-order valence-electron chi connectivity index (χ1n) is 8.91. The Morgan fingerprint density at radius 2 is 1.60 bits per heavy atom. The zero-order valence-electron chi connectivity index (χ0n) is 15.3. The largest absolute Gasteiger partial charge is 0.416 e. The van der Waals surface area contributed by atoms with Crippen LogP contribution in [0.4, 0.5) is 13.2 Å². The normalized spacial score (nSPS) is 20.1.